The number of nitrogens with zero attached hydrogens (tertiary/aromatic N) is 3. The molecule has 1 aromatic carbocycles. The molecule has 6 heteroatoms. The van der Waals surface area contributed by atoms with Crippen molar-refractivity contribution in [3.05, 3.63) is 51.5 Å². The van der Waals surface area contributed by atoms with Crippen LogP contribution in [-0.4, -0.2) is 52.8 Å². The summed E-state index contributed by atoms with van der Waals surface area (Å²) in [5.41, 5.74) is 1.88. The van der Waals surface area contributed by atoms with Gasteiger partial charge in [0.15, 0.2) is 0 Å². The van der Waals surface area contributed by atoms with Crippen molar-refractivity contribution >= 4 is 23.2 Å². The highest BCUT2D eigenvalue weighted by Gasteiger charge is 2.28. The van der Waals surface area contributed by atoms with Gasteiger partial charge in [-0.3, -0.25) is 9.59 Å². The van der Waals surface area contributed by atoms with Crippen LogP contribution in [0.25, 0.3) is 0 Å². The standard InChI is InChI=1S/C22H29N3O2S/c1-15(2)16-6-8-17(9-7-16)19(26)24-10-12-25(13-11-24)20(27)18-14-23-21(28-18)22(3,4)5/h6-9,14-15H,10-13H2,1-5H3. The van der Waals surface area contributed by atoms with Gasteiger partial charge in [-0.05, 0) is 23.6 Å². The van der Waals surface area contributed by atoms with Crippen molar-refractivity contribution in [2.24, 2.45) is 0 Å². The maximum absolute atomic E-state index is 12.8. The molecule has 0 saturated carbocycles. The fraction of sp³-hybridized carbons (Fsp3) is 0.500. The van der Waals surface area contributed by atoms with E-state index in [0.717, 1.165) is 5.01 Å². The van der Waals surface area contributed by atoms with Gasteiger partial charge in [0.05, 0.1) is 11.2 Å². The predicted octanol–water partition coefficient (Wildman–Crippen LogP) is 4.16. The molecule has 5 nitrogen and oxygen atoms in total. The van der Waals surface area contributed by atoms with Gasteiger partial charge in [-0.15, -0.1) is 11.3 Å². The molecule has 2 heterocycles. The van der Waals surface area contributed by atoms with Gasteiger partial charge in [0.2, 0.25) is 0 Å². The van der Waals surface area contributed by atoms with Crippen molar-refractivity contribution in [1.29, 1.82) is 0 Å². The summed E-state index contributed by atoms with van der Waals surface area (Å²) in [4.78, 5) is 34.3. The number of piperazine rings is 1. The number of thiazole rings is 1. The van der Waals surface area contributed by atoms with Gasteiger partial charge in [-0.25, -0.2) is 4.98 Å². The molecule has 2 aromatic rings. The Hall–Kier alpha value is -2.21. The zero-order valence-corrected chi connectivity index (χ0v) is 18.2. The van der Waals surface area contributed by atoms with E-state index in [4.69, 9.17) is 0 Å². The largest absolute Gasteiger partial charge is 0.335 e. The van der Waals surface area contributed by atoms with Gasteiger partial charge >= 0.3 is 0 Å². The number of benzene rings is 1. The molecule has 2 amide bonds. The Morgan fingerprint density at radius 3 is 1.96 bits per heavy atom. The average molecular weight is 400 g/mol. The molecule has 0 unspecified atom stereocenters. The van der Waals surface area contributed by atoms with Crippen molar-refractivity contribution in [1.82, 2.24) is 14.8 Å². The fourth-order valence-corrected chi connectivity index (χ4v) is 4.12. The second-order valence-electron chi connectivity index (χ2n) is 8.64. The lowest BCUT2D eigenvalue weighted by molar-refractivity contribution is 0.0538. The lowest BCUT2D eigenvalue weighted by Gasteiger charge is -2.34. The number of hydrogen-bond acceptors (Lipinski definition) is 4. The van der Waals surface area contributed by atoms with Crippen molar-refractivity contribution in [2.45, 2.75) is 46.0 Å². The molecule has 0 bridgehead atoms. The van der Waals surface area contributed by atoms with Crippen LogP contribution in [0.15, 0.2) is 30.5 Å². The van der Waals surface area contributed by atoms with Crippen LogP contribution in [0, 0.1) is 0 Å². The summed E-state index contributed by atoms with van der Waals surface area (Å²) in [6.45, 7) is 12.8. The highest BCUT2D eigenvalue weighted by atomic mass is 32.1. The average Bonchev–Trinajstić information content (AvgIpc) is 3.18. The van der Waals surface area contributed by atoms with E-state index < -0.39 is 0 Å². The summed E-state index contributed by atoms with van der Waals surface area (Å²) < 4.78 is 0. The van der Waals surface area contributed by atoms with Gasteiger partial charge < -0.3 is 9.80 Å². The van der Waals surface area contributed by atoms with Gasteiger partial charge in [-0.2, -0.15) is 0 Å². The molecule has 0 N–H and O–H groups in total. The minimum atomic E-state index is -0.0561. The lowest BCUT2D eigenvalue weighted by atomic mass is 9.98. The zero-order chi connectivity index (χ0) is 20.5. The maximum atomic E-state index is 12.8. The Bertz CT molecular complexity index is 841. The molecule has 0 atom stereocenters. The van der Waals surface area contributed by atoms with E-state index in [9.17, 15) is 9.59 Å². The number of aromatic nitrogens is 1. The molecular weight excluding hydrogens is 370 g/mol. The van der Waals surface area contributed by atoms with Gasteiger partial charge in [-0.1, -0.05) is 46.8 Å². The summed E-state index contributed by atoms with van der Waals surface area (Å²) in [6, 6.07) is 7.85. The molecule has 150 valence electrons. The molecule has 3 rings (SSSR count). The fourth-order valence-electron chi connectivity index (χ4n) is 3.18. The van der Waals surface area contributed by atoms with E-state index in [2.05, 4.69) is 39.6 Å². The van der Waals surface area contributed by atoms with Crippen molar-refractivity contribution in [3.63, 3.8) is 0 Å². The second-order valence-corrected chi connectivity index (χ2v) is 9.67. The summed E-state index contributed by atoms with van der Waals surface area (Å²) in [7, 11) is 0. The predicted molar refractivity (Wildman–Crippen MR) is 113 cm³/mol. The SMILES string of the molecule is CC(C)c1ccc(C(=O)N2CCN(C(=O)c3cnc(C(C)(C)C)s3)CC2)cc1. The summed E-state index contributed by atoms with van der Waals surface area (Å²) in [5, 5.41) is 0.967. The van der Waals surface area contributed by atoms with Crippen LogP contribution in [0.5, 0.6) is 0 Å². The van der Waals surface area contributed by atoms with E-state index in [-0.39, 0.29) is 17.2 Å². The van der Waals surface area contributed by atoms with E-state index in [1.807, 2.05) is 34.1 Å². The quantitative estimate of drug-likeness (QED) is 0.779. The molecule has 1 aromatic heterocycles. The third-order valence-electron chi connectivity index (χ3n) is 5.04. The third kappa shape index (κ3) is 4.43. The van der Waals surface area contributed by atoms with Crippen LogP contribution in [-0.2, 0) is 5.41 Å². The lowest BCUT2D eigenvalue weighted by Crippen LogP contribution is -2.50. The van der Waals surface area contributed by atoms with Crippen LogP contribution in [0.1, 0.15) is 71.1 Å². The Kier molecular flexibility index (Phi) is 5.89. The van der Waals surface area contributed by atoms with E-state index >= 15 is 0 Å². The monoisotopic (exact) mass is 399 g/mol. The Balaban J connectivity index is 1.60. The summed E-state index contributed by atoms with van der Waals surface area (Å²) in [6.07, 6.45) is 1.68. The molecule has 1 aliphatic heterocycles. The third-order valence-corrected chi connectivity index (χ3v) is 6.45. The minimum Gasteiger partial charge on any atom is -0.335 e. The van der Waals surface area contributed by atoms with Gasteiger partial charge in [0.1, 0.15) is 4.88 Å². The first-order valence-electron chi connectivity index (χ1n) is 9.81. The smallest absolute Gasteiger partial charge is 0.265 e. The number of rotatable bonds is 3. The number of amides is 2. The highest BCUT2D eigenvalue weighted by molar-refractivity contribution is 7.13. The van der Waals surface area contributed by atoms with Crippen molar-refractivity contribution < 1.29 is 9.59 Å². The Morgan fingerprint density at radius 1 is 0.964 bits per heavy atom. The van der Waals surface area contributed by atoms with Gasteiger partial charge in [0.25, 0.3) is 11.8 Å². The second kappa shape index (κ2) is 8.03. The van der Waals surface area contributed by atoms with Crippen molar-refractivity contribution in [3.8, 4) is 0 Å². The molecule has 0 radical (unpaired) electrons. The summed E-state index contributed by atoms with van der Waals surface area (Å²) in [5.74, 6) is 0.501. The molecule has 1 fully saturated rings. The van der Waals surface area contributed by atoms with Crippen LogP contribution >= 0.6 is 11.3 Å². The molecule has 1 saturated heterocycles. The first-order valence-corrected chi connectivity index (χ1v) is 10.6. The molecule has 0 spiro atoms. The molecule has 0 aliphatic carbocycles. The van der Waals surface area contributed by atoms with E-state index in [1.165, 1.54) is 16.9 Å². The van der Waals surface area contributed by atoms with Crippen LogP contribution < -0.4 is 0 Å². The van der Waals surface area contributed by atoms with Crippen LogP contribution in [0.4, 0.5) is 0 Å². The molecule has 1 aliphatic rings. The Morgan fingerprint density at radius 2 is 1.50 bits per heavy atom. The molecule has 28 heavy (non-hydrogen) atoms. The first-order chi connectivity index (χ1) is 13.2. The molecular formula is C22H29N3O2S. The number of carbonyl (C=O) groups excluding carboxylic acids is 2. The number of carbonyl (C=O) groups is 2. The maximum Gasteiger partial charge on any atom is 0.265 e. The van der Waals surface area contributed by atoms with E-state index in [1.54, 1.807) is 6.20 Å². The van der Waals surface area contributed by atoms with Crippen LogP contribution in [0.2, 0.25) is 0 Å². The zero-order valence-electron chi connectivity index (χ0n) is 17.4. The van der Waals surface area contributed by atoms with Crippen LogP contribution in [0.3, 0.4) is 0 Å². The number of hydrogen-bond donors (Lipinski definition) is 0. The normalized spacial score (nSPS) is 15.2. The minimum absolute atomic E-state index is 0.0152. The van der Waals surface area contributed by atoms with Crippen molar-refractivity contribution in [2.75, 3.05) is 26.2 Å². The highest BCUT2D eigenvalue weighted by Crippen LogP contribution is 2.27. The topological polar surface area (TPSA) is 53.5 Å². The first kappa shape index (κ1) is 20.5. The van der Waals surface area contributed by atoms with Gasteiger partial charge in [0, 0.05) is 37.2 Å². The summed E-state index contributed by atoms with van der Waals surface area (Å²) >= 11 is 1.47. The Labute approximate surface area is 171 Å². The van der Waals surface area contributed by atoms with E-state index in [0.29, 0.717) is 42.5 Å².